The van der Waals surface area contributed by atoms with Crippen LogP contribution in [-0.4, -0.2) is 4.98 Å². The molecule has 0 aliphatic carbocycles. The van der Waals surface area contributed by atoms with Crippen LogP contribution in [0.3, 0.4) is 0 Å². The Balaban J connectivity index is 1.76. The highest BCUT2D eigenvalue weighted by molar-refractivity contribution is 9.10. The zero-order valence-electron chi connectivity index (χ0n) is 9.11. The van der Waals surface area contributed by atoms with Crippen molar-refractivity contribution in [2.24, 2.45) is 0 Å². The first-order valence-electron chi connectivity index (χ1n) is 5.23. The summed E-state index contributed by atoms with van der Waals surface area (Å²) in [6, 6.07) is 8.25. The van der Waals surface area contributed by atoms with Crippen LogP contribution in [0, 0.1) is 0 Å². The zero-order chi connectivity index (χ0) is 12.5. The molecule has 0 radical (unpaired) electrons. The summed E-state index contributed by atoms with van der Waals surface area (Å²) in [5, 5.41) is 3.39. The van der Waals surface area contributed by atoms with E-state index in [1.54, 1.807) is 22.7 Å². The number of nitrogens with one attached hydrogen (secondary N) is 1. The molecule has 18 heavy (non-hydrogen) atoms. The van der Waals surface area contributed by atoms with E-state index in [0.29, 0.717) is 0 Å². The van der Waals surface area contributed by atoms with Crippen LogP contribution in [0.5, 0.6) is 0 Å². The molecule has 3 rings (SSSR count). The number of hydrogen-bond acceptors (Lipinski definition) is 4. The van der Waals surface area contributed by atoms with E-state index in [-0.39, 0.29) is 0 Å². The van der Waals surface area contributed by atoms with E-state index in [4.69, 9.17) is 11.6 Å². The summed E-state index contributed by atoms with van der Waals surface area (Å²) in [4.78, 5) is 5.47. The molecule has 2 heterocycles. The van der Waals surface area contributed by atoms with E-state index in [1.165, 1.54) is 9.58 Å². The second kappa shape index (κ2) is 5.17. The van der Waals surface area contributed by atoms with Gasteiger partial charge in [0.2, 0.25) is 0 Å². The fourth-order valence-electron chi connectivity index (χ4n) is 1.63. The average Bonchev–Trinajstić information content (AvgIpc) is 2.94. The van der Waals surface area contributed by atoms with Crippen LogP contribution < -0.4 is 5.32 Å². The van der Waals surface area contributed by atoms with Crippen LogP contribution in [0.4, 0.5) is 5.69 Å². The van der Waals surface area contributed by atoms with Gasteiger partial charge in [-0.2, -0.15) is 0 Å². The van der Waals surface area contributed by atoms with Gasteiger partial charge in [0, 0.05) is 21.6 Å². The number of thiophene rings is 1. The molecule has 0 unspecified atom stereocenters. The van der Waals surface area contributed by atoms with Gasteiger partial charge in [-0.25, -0.2) is 4.98 Å². The predicted molar refractivity (Wildman–Crippen MR) is 84.0 cm³/mol. The van der Waals surface area contributed by atoms with E-state index in [9.17, 15) is 0 Å². The molecule has 3 aromatic rings. The van der Waals surface area contributed by atoms with Crippen LogP contribution in [-0.2, 0) is 6.54 Å². The molecule has 0 spiro atoms. The fraction of sp³-hybridized carbons (Fsp3) is 0.0833. The van der Waals surface area contributed by atoms with Gasteiger partial charge in [-0.05, 0) is 40.2 Å². The number of aromatic nitrogens is 1. The van der Waals surface area contributed by atoms with Crippen LogP contribution in [0.2, 0.25) is 4.34 Å². The SMILES string of the molecule is Clc1sc(CNc2ccc3ncsc3c2)cc1Br. The van der Waals surface area contributed by atoms with Crippen molar-refractivity contribution in [3.05, 3.63) is 43.5 Å². The molecule has 6 heteroatoms. The predicted octanol–water partition coefficient (Wildman–Crippen LogP) is 5.39. The molecule has 0 amide bonds. The van der Waals surface area contributed by atoms with E-state index >= 15 is 0 Å². The Hall–Kier alpha value is -0.620. The highest BCUT2D eigenvalue weighted by atomic mass is 79.9. The Kier molecular flexibility index (Phi) is 3.56. The number of thiazole rings is 1. The normalized spacial score (nSPS) is 11.0. The van der Waals surface area contributed by atoms with E-state index in [0.717, 1.165) is 26.6 Å². The lowest BCUT2D eigenvalue weighted by Gasteiger charge is -2.04. The lowest BCUT2D eigenvalue weighted by molar-refractivity contribution is 1.19. The Bertz CT molecular complexity index is 673. The van der Waals surface area contributed by atoms with E-state index in [2.05, 4.69) is 32.3 Å². The molecule has 0 saturated heterocycles. The molecule has 0 bridgehead atoms. The average molecular weight is 360 g/mol. The van der Waals surface area contributed by atoms with Gasteiger partial charge in [-0.3, -0.25) is 0 Å². The topological polar surface area (TPSA) is 24.9 Å². The summed E-state index contributed by atoms with van der Waals surface area (Å²) in [5.74, 6) is 0. The highest BCUT2D eigenvalue weighted by Gasteiger charge is 2.04. The summed E-state index contributed by atoms with van der Waals surface area (Å²) in [6.45, 7) is 0.778. The Labute approximate surface area is 126 Å². The second-order valence-electron chi connectivity index (χ2n) is 3.72. The van der Waals surface area contributed by atoms with Crippen LogP contribution in [0.15, 0.2) is 34.2 Å². The number of rotatable bonds is 3. The minimum Gasteiger partial charge on any atom is -0.380 e. The molecule has 0 atom stereocenters. The summed E-state index contributed by atoms with van der Waals surface area (Å²) in [7, 11) is 0. The van der Waals surface area contributed by atoms with Gasteiger partial charge in [0.1, 0.15) is 4.34 Å². The first-order chi connectivity index (χ1) is 8.72. The minimum atomic E-state index is 0.778. The molecule has 92 valence electrons. The maximum atomic E-state index is 6.01. The fourth-order valence-corrected chi connectivity index (χ4v) is 4.08. The van der Waals surface area contributed by atoms with Crippen molar-refractivity contribution < 1.29 is 0 Å². The molecule has 1 N–H and O–H groups in total. The van der Waals surface area contributed by atoms with Crippen molar-refractivity contribution in [3.63, 3.8) is 0 Å². The number of fused-ring (bicyclic) bond motifs is 1. The number of halogens is 2. The lowest BCUT2D eigenvalue weighted by Crippen LogP contribution is -1.96. The monoisotopic (exact) mass is 358 g/mol. The Morgan fingerprint density at radius 3 is 3.00 bits per heavy atom. The zero-order valence-corrected chi connectivity index (χ0v) is 13.1. The molecule has 2 aromatic heterocycles. The highest BCUT2D eigenvalue weighted by Crippen LogP contribution is 2.32. The van der Waals surface area contributed by atoms with Gasteiger partial charge < -0.3 is 5.32 Å². The first kappa shape index (κ1) is 12.4. The Morgan fingerprint density at radius 2 is 2.22 bits per heavy atom. The summed E-state index contributed by atoms with van der Waals surface area (Å²) in [6.07, 6.45) is 0. The number of anilines is 1. The van der Waals surface area contributed by atoms with Crippen molar-refractivity contribution in [2.75, 3.05) is 5.32 Å². The summed E-state index contributed by atoms with van der Waals surface area (Å²) in [5.41, 5.74) is 4.02. The van der Waals surface area contributed by atoms with Gasteiger partial charge in [0.15, 0.2) is 0 Å². The van der Waals surface area contributed by atoms with Crippen LogP contribution in [0.1, 0.15) is 4.88 Å². The minimum absolute atomic E-state index is 0.778. The molecule has 0 saturated carbocycles. The Morgan fingerprint density at radius 1 is 1.33 bits per heavy atom. The molecule has 0 fully saturated rings. The largest absolute Gasteiger partial charge is 0.380 e. The standard InChI is InChI=1S/C12H8BrClN2S2/c13-9-4-8(18-12(9)14)5-15-7-1-2-10-11(3-7)17-6-16-10/h1-4,6,15H,5H2. The smallest absolute Gasteiger partial charge is 0.107 e. The molecule has 0 aliphatic heterocycles. The van der Waals surface area contributed by atoms with Crippen molar-refractivity contribution in [1.29, 1.82) is 0 Å². The van der Waals surface area contributed by atoms with Gasteiger partial charge in [0.25, 0.3) is 0 Å². The summed E-state index contributed by atoms with van der Waals surface area (Å²) < 4.78 is 2.96. The maximum absolute atomic E-state index is 6.01. The first-order valence-corrected chi connectivity index (χ1v) is 8.10. The van der Waals surface area contributed by atoms with E-state index < -0.39 is 0 Å². The van der Waals surface area contributed by atoms with Crippen molar-refractivity contribution >= 4 is 66.1 Å². The second-order valence-corrected chi connectivity index (χ2v) is 7.20. The van der Waals surface area contributed by atoms with Crippen LogP contribution in [0.25, 0.3) is 10.2 Å². The molecular formula is C12H8BrClN2S2. The quantitative estimate of drug-likeness (QED) is 0.678. The molecular weight excluding hydrogens is 352 g/mol. The van der Waals surface area contributed by atoms with Gasteiger partial charge in [-0.1, -0.05) is 11.6 Å². The number of hydrogen-bond donors (Lipinski definition) is 1. The van der Waals surface area contributed by atoms with Gasteiger partial charge in [0.05, 0.1) is 15.7 Å². The van der Waals surface area contributed by atoms with Crippen molar-refractivity contribution in [1.82, 2.24) is 4.98 Å². The van der Waals surface area contributed by atoms with Gasteiger partial charge in [-0.15, -0.1) is 22.7 Å². The lowest BCUT2D eigenvalue weighted by atomic mass is 10.3. The van der Waals surface area contributed by atoms with Gasteiger partial charge >= 0.3 is 0 Å². The third-order valence-electron chi connectivity index (χ3n) is 2.49. The van der Waals surface area contributed by atoms with E-state index in [1.807, 2.05) is 23.7 Å². The number of benzene rings is 1. The number of nitrogens with zero attached hydrogens (tertiary/aromatic N) is 1. The third kappa shape index (κ3) is 2.54. The van der Waals surface area contributed by atoms with Crippen molar-refractivity contribution in [2.45, 2.75) is 6.54 Å². The summed E-state index contributed by atoms with van der Waals surface area (Å²) >= 11 is 12.7. The third-order valence-corrected chi connectivity index (χ3v) is 5.76. The molecule has 1 aromatic carbocycles. The van der Waals surface area contributed by atoms with Crippen LogP contribution >= 0.6 is 50.2 Å². The molecule has 2 nitrogen and oxygen atoms in total. The molecule has 0 aliphatic rings. The van der Waals surface area contributed by atoms with Crippen molar-refractivity contribution in [3.8, 4) is 0 Å². The maximum Gasteiger partial charge on any atom is 0.107 e.